The zero-order valence-corrected chi connectivity index (χ0v) is 12.0. The van der Waals surface area contributed by atoms with Crippen LogP contribution in [0.4, 0.5) is 11.6 Å². The van der Waals surface area contributed by atoms with Gasteiger partial charge in [0, 0.05) is 33.0 Å². The quantitative estimate of drug-likeness (QED) is 0.793. The molecule has 0 saturated carbocycles. The van der Waals surface area contributed by atoms with Crippen molar-refractivity contribution in [1.29, 1.82) is 0 Å². The zero-order valence-electron chi connectivity index (χ0n) is 12.0. The number of rotatable bonds is 3. The highest BCUT2D eigenvalue weighted by Crippen LogP contribution is 2.21. The van der Waals surface area contributed by atoms with Gasteiger partial charge in [-0.05, 0) is 18.2 Å². The highest BCUT2D eigenvalue weighted by atomic mass is 16.5. The van der Waals surface area contributed by atoms with E-state index in [-0.39, 0.29) is 17.8 Å². The monoisotopic (exact) mass is 290 g/mol. The van der Waals surface area contributed by atoms with Gasteiger partial charge in [0.25, 0.3) is 5.56 Å². The largest absolute Gasteiger partial charge is 0.399 e. The topological polar surface area (TPSA) is 93.5 Å². The summed E-state index contributed by atoms with van der Waals surface area (Å²) in [5.41, 5.74) is 6.67. The molecule has 2 atom stereocenters. The van der Waals surface area contributed by atoms with Gasteiger partial charge in [-0.2, -0.15) is 0 Å². The summed E-state index contributed by atoms with van der Waals surface area (Å²) in [6.07, 6.45) is -0.0789. The number of aromatic nitrogens is 2. The molecule has 1 aliphatic rings. The van der Waals surface area contributed by atoms with E-state index in [9.17, 15) is 4.79 Å². The molecule has 21 heavy (non-hydrogen) atoms. The molecule has 0 amide bonds. The van der Waals surface area contributed by atoms with Crippen LogP contribution in [0.2, 0.25) is 0 Å². The van der Waals surface area contributed by atoms with Gasteiger partial charge in [0.05, 0.1) is 10.9 Å². The van der Waals surface area contributed by atoms with Gasteiger partial charge in [-0.25, -0.2) is 4.98 Å². The molecule has 112 valence electrons. The van der Waals surface area contributed by atoms with Crippen molar-refractivity contribution in [2.75, 3.05) is 37.9 Å². The van der Waals surface area contributed by atoms with Gasteiger partial charge in [-0.3, -0.25) is 9.78 Å². The third-order valence-electron chi connectivity index (χ3n) is 3.84. The smallest absolute Gasteiger partial charge is 0.260 e. The van der Waals surface area contributed by atoms with Crippen LogP contribution in [0.1, 0.15) is 0 Å². The number of fused-ring (bicyclic) bond motifs is 1. The Balaban J connectivity index is 1.99. The number of ether oxygens (including phenoxy) is 2. The average Bonchev–Trinajstić information content (AvgIpc) is 2.91. The Morgan fingerprint density at radius 3 is 2.57 bits per heavy atom. The van der Waals surface area contributed by atoms with Crippen LogP contribution in [-0.4, -0.2) is 49.5 Å². The molecule has 0 bridgehead atoms. The first-order chi connectivity index (χ1) is 10.1. The molecular formula is C14H18N4O3. The molecule has 1 saturated heterocycles. The average molecular weight is 290 g/mol. The minimum absolute atomic E-state index is 0.0394. The van der Waals surface area contributed by atoms with E-state index in [1.807, 2.05) is 4.90 Å². The van der Waals surface area contributed by atoms with Gasteiger partial charge in [-0.15, -0.1) is 0 Å². The van der Waals surface area contributed by atoms with Gasteiger partial charge >= 0.3 is 0 Å². The first-order valence-corrected chi connectivity index (χ1v) is 6.72. The summed E-state index contributed by atoms with van der Waals surface area (Å²) in [6, 6.07) is 5.12. The lowest BCUT2D eigenvalue weighted by molar-refractivity contribution is -0.00461. The number of nitrogen functional groups attached to an aromatic ring is 1. The maximum Gasteiger partial charge on any atom is 0.260 e. The molecule has 1 aromatic carbocycles. The number of nitrogens with zero attached hydrogens (tertiary/aromatic N) is 2. The van der Waals surface area contributed by atoms with Crippen molar-refractivity contribution in [2.24, 2.45) is 0 Å². The highest BCUT2D eigenvalue weighted by molar-refractivity contribution is 5.81. The lowest BCUT2D eigenvalue weighted by Crippen LogP contribution is -2.27. The summed E-state index contributed by atoms with van der Waals surface area (Å²) >= 11 is 0. The number of aromatic amines is 1. The highest BCUT2D eigenvalue weighted by Gasteiger charge is 2.34. The maximum absolute atomic E-state index is 12.2. The maximum atomic E-state index is 12.2. The van der Waals surface area contributed by atoms with Crippen LogP contribution in [0.3, 0.4) is 0 Å². The second-order valence-corrected chi connectivity index (χ2v) is 5.12. The minimum atomic E-state index is -0.197. The van der Waals surface area contributed by atoms with Crippen LogP contribution in [-0.2, 0) is 9.47 Å². The van der Waals surface area contributed by atoms with E-state index >= 15 is 0 Å². The lowest BCUT2D eigenvalue weighted by atomic mass is 10.2. The number of hydrogen-bond donors (Lipinski definition) is 2. The molecule has 0 aliphatic carbocycles. The van der Waals surface area contributed by atoms with Crippen LogP contribution in [0.25, 0.3) is 10.9 Å². The normalized spacial score (nSPS) is 22.1. The molecule has 2 aromatic rings. The predicted molar refractivity (Wildman–Crippen MR) is 80.6 cm³/mol. The van der Waals surface area contributed by atoms with Gasteiger partial charge < -0.3 is 20.1 Å². The van der Waals surface area contributed by atoms with Crippen molar-refractivity contribution in [1.82, 2.24) is 9.97 Å². The Labute approximate surface area is 121 Å². The number of nitrogens with two attached hydrogens (primary N) is 1. The third-order valence-corrected chi connectivity index (χ3v) is 3.84. The van der Waals surface area contributed by atoms with Crippen molar-refractivity contribution in [3.05, 3.63) is 28.6 Å². The van der Waals surface area contributed by atoms with Crippen LogP contribution in [0.5, 0.6) is 0 Å². The standard InChI is InChI=1S/C14H18N4O3/c1-20-11-6-18(7-12(11)21-2)14-16-10-4-3-8(15)5-9(10)13(19)17-14/h3-5,11-12H,6-7,15H2,1-2H3,(H,16,17,19). The molecule has 7 nitrogen and oxygen atoms in total. The first kappa shape index (κ1) is 13.8. The van der Waals surface area contributed by atoms with E-state index in [0.717, 1.165) is 0 Å². The van der Waals surface area contributed by atoms with Gasteiger partial charge in [0.2, 0.25) is 5.95 Å². The van der Waals surface area contributed by atoms with E-state index in [1.165, 1.54) is 0 Å². The SMILES string of the molecule is COC1CN(c2nc3ccc(N)cc3c(=O)[nH]2)CC1OC. The molecule has 2 unspecified atom stereocenters. The summed E-state index contributed by atoms with van der Waals surface area (Å²) in [6.45, 7) is 1.25. The van der Waals surface area contributed by atoms with E-state index < -0.39 is 0 Å². The molecule has 0 spiro atoms. The van der Waals surface area contributed by atoms with E-state index in [1.54, 1.807) is 32.4 Å². The van der Waals surface area contributed by atoms with Gasteiger partial charge in [0.1, 0.15) is 12.2 Å². The van der Waals surface area contributed by atoms with E-state index in [2.05, 4.69) is 9.97 Å². The van der Waals surface area contributed by atoms with E-state index in [0.29, 0.717) is 35.6 Å². The Morgan fingerprint density at radius 2 is 1.95 bits per heavy atom. The molecule has 1 aliphatic heterocycles. The Morgan fingerprint density at radius 1 is 1.29 bits per heavy atom. The first-order valence-electron chi connectivity index (χ1n) is 6.72. The van der Waals surface area contributed by atoms with Crippen molar-refractivity contribution in [3.63, 3.8) is 0 Å². The Kier molecular flexibility index (Phi) is 3.52. The van der Waals surface area contributed by atoms with Crippen LogP contribution in [0, 0.1) is 0 Å². The summed E-state index contributed by atoms with van der Waals surface area (Å²) in [7, 11) is 3.30. The number of anilines is 2. The fourth-order valence-corrected chi connectivity index (χ4v) is 2.66. The molecule has 1 aromatic heterocycles. The van der Waals surface area contributed by atoms with Crippen LogP contribution in [0.15, 0.2) is 23.0 Å². The van der Waals surface area contributed by atoms with Crippen molar-refractivity contribution >= 4 is 22.5 Å². The molecule has 3 rings (SSSR count). The number of nitrogens with one attached hydrogen (secondary N) is 1. The number of benzene rings is 1. The summed E-state index contributed by atoms with van der Waals surface area (Å²) in [5, 5.41) is 0.490. The third kappa shape index (κ3) is 2.45. The molecule has 1 fully saturated rings. The number of methoxy groups -OCH3 is 2. The second kappa shape index (κ2) is 5.34. The molecular weight excluding hydrogens is 272 g/mol. The van der Waals surface area contributed by atoms with Crippen molar-refractivity contribution < 1.29 is 9.47 Å². The second-order valence-electron chi connectivity index (χ2n) is 5.12. The van der Waals surface area contributed by atoms with Crippen molar-refractivity contribution in [2.45, 2.75) is 12.2 Å². The molecule has 0 radical (unpaired) electrons. The van der Waals surface area contributed by atoms with E-state index in [4.69, 9.17) is 15.2 Å². The van der Waals surface area contributed by atoms with Gasteiger partial charge in [0.15, 0.2) is 0 Å². The minimum Gasteiger partial charge on any atom is -0.399 e. The molecule has 2 heterocycles. The van der Waals surface area contributed by atoms with Crippen molar-refractivity contribution in [3.8, 4) is 0 Å². The van der Waals surface area contributed by atoms with Crippen LogP contribution < -0.4 is 16.2 Å². The summed E-state index contributed by atoms with van der Waals surface area (Å²) in [4.78, 5) is 21.4. The fourth-order valence-electron chi connectivity index (χ4n) is 2.66. The number of hydrogen-bond acceptors (Lipinski definition) is 6. The molecule has 3 N–H and O–H groups in total. The summed E-state index contributed by atoms with van der Waals surface area (Å²) in [5.74, 6) is 0.527. The number of H-pyrrole nitrogens is 1. The van der Waals surface area contributed by atoms with Gasteiger partial charge in [-0.1, -0.05) is 0 Å². The summed E-state index contributed by atoms with van der Waals surface area (Å²) < 4.78 is 10.8. The predicted octanol–water partition coefficient (Wildman–Crippen LogP) is 0.355. The lowest BCUT2D eigenvalue weighted by Gasteiger charge is -2.16. The Bertz CT molecular complexity index is 703. The fraction of sp³-hybridized carbons (Fsp3) is 0.429. The molecule has 7 heteroatoms. The zero-order chi connectivity index (χ0) is 15.0. The Hall–Kier alpha value is -2.12. The van der Waals surface area contributed by atoms with Crippen LogP contribution >= 0.6 is 0 Å².